The Hall–Kier alpha value is -1.92. The largest absolute Gasteiger partial charge is 0.424 e. The monoisotopic (exact) mass is 329 g/mol. The van der Waals surface area contributed by atoms with E-state index in [0.717, 1.165) is 0 Å². The van der Waals surface area contributed by atoms with Gasteiger partial charge in [0.15, 0.2) is 5.75 Å². The molecule has 110 valence electrons. The van der Waals surface area contributed by atoms with Gasteiger partial charge in [-0.05, 0) is 12.1 Å². The van der Waals surface area contributed by atoms with E-state index < -0.39 is 23.7 Å². The lowest BCUT2D eigenvalue weighted by atomic mass is 10.2. The molecule has 0 atom stereocenters. The molecule has 0 aliphatic carbocycles. The minimum Gasteiger partial charge on any atom is -0.424 e. The second-order valence-electron chi connectivity index (χ2n) is 4.29. The Morgan fingerprint density at radius 2 is 1.57 bits per heavy atom. The molecule has 8 heteroatoms. The highest BCUT2D eigenvalue weighted by Crippen LogP contribution is 2.35. The van der Waals surface area contributed by atoms with Crippen molar-refractivity contribution in [2.75, 3.05) is 0 Å². The lowest BCUT2D eigenvalue weighted by molar-refractivity contribution is -0.135. The number of esters is 1. The van der Waals surface area contributed by atoms with Crippen LogP contribution in [-0.2, 0) is 14.4 Å². The van der Waals surface area contributed by atoms with E-state index in [2.05, 4.69) is 0 Å². The fraction of sp³-hybridized carbons (Fsp3) is 0.231. The van der Waals surface area contributed by atoms with Gasteiger partial charge in [-0.3, -0.25) is 19.2 Å². The Labute approximate surface area is 129 Å². The van der Waals surface area contributed by atoms with E-state index in [4.69, 9.17) is 27.9 Å². The van der Waals surface area contributed by atoms with Crippen molar-refractivity contribution in [3.63, 3.8) is 0 Å². The van der Waals surface area contributed by atoms with Gasteiger partial charge in [-0.15, -0.1) is 0 Å². The maximum absolute atomic E-state index is 12.2. The Bertz CT molecular complexity index is 632. The van der Waals surface area contributed by atoms with Crippen LogP contribution < -0.4 is 4.74 Å². The Balaban J connectivity index is 2.37. The number of hydrogen-bond donors (Lipinski definition) is 0. The van der Waals surface area contributed by atoms with Gasteiger partial charge in [0.05, 0.1) is 10.0 Å². The molecule has 1 aromatic carbocycles. The fourth-order valence-electron chi connectivity index (χ4n) is 1.86. The van der Waals surface area contributed by atoms with Crippen molar-refractivity contribution in [1.82, 2.24) is 4.90 Å². The number of carbonyl (C=O) groups excluding carboxylic acids is 4. The van der Waals surface area contributed by atoms with E-state index in [-0.39, 0.29) is 34.2 Å². The molecule has 1 fully saturated rings. The second kappa shape index (κ2) is 5.83. The molecule has 1 heterocycles. The van der Waals surface area contributed by atoms with E-state index in [9.17, 15) is 19.2 Å². The topological polar surface area (TPSA) is 80.8 Å². The third-order valence-corrected chi connectivity index (χ3v) is 3.31. The number of benzene rings is 1. The van der Waals surface area contributed by atoms with Crippen LogP contribution in [0.4, 0.5) is 0 Å². The molecule has 6 nitrogen and oxygen atoms in total. The quantitative estimate of drug-likeness (QED) is 0.472. The molecule has 21 heavy (non-hydrogen) atoms. The van der Waals surface area contributed by atoms with Crippen LogP contribution in [0.1, 0.15) is 30.1 Å². The van der Waals surface area contributed by atoms with Crippen LogP contribution in [0.15, 0.2) is 12.1 Å². The van der Waals surface area contributed by atoms with E-state index in [1.807, 2.05) is 0 Å². The third kappa shape index (κ3) is 3.06. The first-order chi connectivity index (χ1) is 9.81. The minimum absolute atomic E-state index is 0.00241. The molecule has 0 N–H and O–H groups in total. The van der Waals surface area contributed by atoms with Crippen LogP contribution in [0.2, 0.25) is 10.0 Å². The molecular formula is C13H9Cl2NO5. The van der Waals surface area contributed by atoms with Crippen LogP contribution in [-0.4, -0.2) is 28.6 Å². The summed E-state index contributed by atoms with van der Waals surface area (Å²) in [6, 6.07) is 2.37. The number of likely N-dealkylation sites (tertiary alicyclic amines) is 1. The number of rotatable bonds is 2. The van der Waals surface area contributed by atoms with Gasteiger partial charge in [0, 0.05) is 25.3 Å². The molecular weight excluding hydrogens is 321 g/mol. The summed E-state index contributed by atoms with van der Waals surface area (Å²) in [4.78, 5) is 46.7. The van der Waals surface area contributed by atoms with Crippen LogP contribution in [0.5, 0.6) is 5.75 Å². The predicted octanol–water partition coefficient (Wildman–Crippen LogP) is 2.21. The number of amides is 3. The summed E-state index contributed by atoms with van der Waals surface area (Å²) in [5, 5.41) is -0.139. The Morgan fingerprint density at radius 3 is 2.00 bits per heavy atom. The summed E-state index contributed by atoms with van der Waals surface area (Å²) >= 11 is 11.8. The Morgan fingerprint density at radius 1 is 1.10 bits per heavy atom. The normalized spacial score (nSPS) is 14.5. The third-order valence-electron chi connectivity index (χ3n) is 2.75. The van der Waals surface area contributed by atoms with Gasteiger partial charge in [0.25, 0.3) is 5.91 Å². The molecule has 0 aromatic heterocycles. The summed E-state index contributed by atoms with van der Waals surface area (Å²) in [5.74, 6) is -2.65. The smallest absolute Gasteiger partial charge is 0.308 e. The first-order valence-corrected chi connectivity index (χ1v) is 6.64. The van der Waals surface area contributed by atoms with E-state index in [0.29, 0.717) is 4.90 Å². The van der Waals surface area contributed by atoms with Crippen molar-refractivity contribution in [1.29, 1.82) is 0 Å². The van der Waals surface area contributed by atoms with Crippen LogP contribution in [0, 0.1) is 0 Å². The zero-order chi connectivity index (χ0) is 15.7. The van der Waals surface area contributed by atoms with Crippen LogP contribution in [0.25, 0.3) is 0 Å². The van der Waals surface area contributed by atoms with Crippen LogP contribution >= 0.6 is 23.2 Å². The molecule has 2 rings (SSSR count). The lowest BCUT2D eigenvalue weighted by Gasteiger charge is -2.13. The van der Waals surface area contributed by atoms with Gasteiger partial charge in [0.2, 0.25) is 11.8 Å². The first kappa shape index (κ1) is 15.5. The molecule has 0 bridgehead atoms. The number of imide groups is 3. The highest BCUT2D eigenvalue weighted by Gasteiger charge is 2.35. The molecule has 1 aliphatic rings. The summed E-state index contributed by atoms with van der Waals surface area (Å²) < 4.78 is 4.82. The first-order valence-electron chi connectivity index (χ1n) is 5.89. The number of ether oxygens (including phenoxy) is 1. The van der Waals surface area contributed by atoms with Crippen molar-refractivity contribution >= 4 is 46.9 Å². The second-order valence-corrected chi connectivity index (χ2v) is 5.11. The van der Waals surface area contributed by atoms with Crippen molar-refractivity contribution in [3.05, 3.63) is 27.7 Å². The van der Waals surface area contributed by atoms with Crippen molar-refractivity contribution in [2.45, 2.75) is 19.8 Å². The lowest BCUT2D eigenvalue weighted by Crippen LogP contribution is -2.35. The van der Waals surface area contributed by atoms with Gasteiger partial charge in [-0.1, -0.05) is 23.2 Å². The summed E-state index contributed by atoms with van der Waals surface area (Å²) in [7, 11) is 0. The average Bonchev–Trinajstić information content (AvgIpc) is 2.72. The fourth-order valence-corrected chi connectivity index (χ4v) is 2.42. The highest BCUT2D eigenvalue weighted by molar-refractivity contribution is 6.38. The molecule has 1 aliphatic heterocycles. The standard InChI is InChI=1S/C13H9Cl2NO5/c1-6(17)21-12-8(14)4-7(5-9(12)15)13(20)16-10(18)2-3-11(16)19/h4-5H,2-3H2,1H3. The SMILES string of the molecule is CC(=O)Oc1c(Cl)cc(C(=O)N2C(=O)CCC2=O)cc1Cl. The van der Waals surface area contributed by atoms with Crippen molar-refractivity contribution < 1.29 is 23.9 Å². The van der Waals surface area contributed by atoms with Gasteiger partial charge >= 0.3 is 5.97 Å². The number of hydrogen-bond acceptors (Lipinski definition) is 5. The van der Waals surface area contributed by atoms with E-state index >= 15 is 0 Å². The molecule has 1 saturated heterocycles. The maximum Gasteiger partial charge on any atom is 0.308 e. The summed E-state index contributed by atoms with van der Waals surface area (Å²) in [6.45, 7) is 1.17. The van der Waals surface area contributed by atoms with Gasteiger partial charge in [-0.25, -0.2) is 4.90 Å². The zero-order valence-corrected chi connectivity index (χ0v) is 12.3. The number of carbonyl (C=O) groups is 4. The summed E-state index contributed by atoms with van der Waals surface area (Å²) in [6.07, 6.45) is -0.00482. The maximum atomic E-state index is 12.2. The number of nitrogens with zero attached hydrogens (tertiary/aromatic N) is 1. The van der Waals surface area contributed by atoms with Crippen molar-refractivity contribution in [3.8, 4) is 5.75 Å². The van der Waals surface area contributed by atoms with Crippen LogP contribution in [0.3, 0.4) is 0 Å². The predicted molar refractivity (Wildman–Crippen MR) is 73.2 cm³/mol. The zero-order valence-electron chi connectivity index (χ0n) is 10.8. The Kier molecular flexibility index (Phi) is 4.29. The van der Waals surface area contributed by atoms with Gasteiger partial charge in [0.1, 0.15) is 0 Å². The summed E-state index contributed by atoms with van der Waals surface area (Å²) in [5.41, 5.74) is -0.0375. The molecule has 0 spiro atoms. The molecule has 0 radical (unpaired) electrons. The minimum atomic E-state index is -0.805. The van der Waals surface area contributed by atoms with Gasteiger partial charge < -0.3 is 4.74 Å². The molecule has 3 amide bonds. The van der Waals surface area contributed by atoms with E-state index in [1.165, 1.54) is 19.1 Å². The van der Waals surface area contributed by atoms with Crippen molar-refractivity contribution in [2.24, 2.45) is 0 Å². The average molecular weight is 330 g/mol. The molecule has 0 unspecified atom stereocenters. The molecule has 1 aromatic rings. The van der Waals surface area contributed by atoms with Gasteiger partial charge in [-0.2, -0.15) is 0 Å². The number of halogens is 2. The van der Waals surface area contributed by atoms with E-state index in [1.54, 1.807) is 0 Å². The molecule has 0 saturated carbocycles. The highest BCUT2D eigenvalue weighted by atomic mass is 35.5.